The molecule has 0 saturated heterocycles. The van der Waals surface area contributed by atoms with Gasteiger partial charge in [0, 0.05) is 13.1 Å². The first-order chi connectivity index (χ1) is 9.74. The fourth-order valence-electron chi connectivity index (χ4n) is 2.06. The highest BCUT2D eigenvalue weighted by atomic mass is 16.3. The van der Waals surface area contributed by atoms with Crippen LogP contribution in [-0.4, -0.2) is 26.8 Å². The van der Waals surface area contributed by atoms with Crippen LogP contribution in [-0.2, 0) is 6.54 Å². The van der Waals surface area contributed by atoms with Gasteiger partial charge >= 0.3 is 5.69 Å². The highest BCUT2D eigenvalue weighted by Gasteiger charge is 2.23. The van der Waals surface area contributed by atoms with Crippen LogP contribution in [0.1, 0.15) is 40.5 Å². The molecular formula is C14H26N4O3. The van der Waals surface area contributed by atoms with E-state index in [-0.39, 0.29) is 24.0 Å². The van der Waals surface area contributed by atoms with Gasteiger partial charge in [-0.25, -0.2) is 4.79 Å². The van der Waals surface area contributed by atoms with Gasteiger partial charge in [-0.15, -0.1) is 0 Å². The van der Waals surface area contributed by atoms with Gasteiger partial charge in [0.15, 0.2) is 0 Å². The Morgan fingerprint density at radius 1 is 1.33 bits per heavy atom. The molecule has 1 heterocycles. The second-order valence-corrected chi connectivity index (χ2v) is 5.81. The van der Waals surface area contributed by atoms with Crippen molar-refractivity contribution in [1.82, 2.24) is 9.55 Å². The lowest BCUT2D eigenvalue weighted by molar-refractivity contribution is 0.0457. The fourth-order valence-corrected chi connectivity index (χ4v) is 2.06. The molecule has 7 heteroatoms. The minimum atomic E-state index is -0.905. The molecule has 0 aliphatic heterocycles. The molecule has 0 aliphatic rings. The molecular weight excluding hydrogens is 272 g/mol. The first-order valence-corrected chi connectivity index (χ1v) is 7.33. The average Bonchev–Trinajstić information content (AvgIpc) is 2.42. The van der Waals surface area contributed by atoms with Crippen molar-refractivity contribution in [2.45, 2.75) is 52.7 Å². The molecule has 0 unspecified atom stereocenters. The smallest absolute Gasteiger partial charge is 0.330 e. The van der Waals surface area contributed by atoms with Crippen molar-refractivity contribution in [2.75, 3.05) is 17.6 Å². The highest BCUT2D eigenvalue weighted by Crippen LogP contribution is 2.17. The summed E-state index contributed by atoms with van der Waals surface area (Å²) < 4.78 is 1.34. The predicted molar refractivity (Wildman–Crippen MR) is 84.6 cm³/mol. The SMILES string of the molecule is CCC(O)(CC)CNc1c(N)n(CC(C)C)c(=O)[nH]c1=O. The predicted octanol–water partition coefficient (Wildman–Crippen LogP) is 0.738. The molecule has 0 aliphatic carbocycles. The summed E-state index contributed by atoms with van der Waals surface area (Å²) in [6.07, 6.45) is 1.11. The second kappa shape index (κ2) is 6.80. The van der Waals surface area contributed by atoms with E-state index >= 15 is 0 Å². The minimum absolute atomic E-state index is 0.104. The van der Waals surface area contributed by atoms with Gasteiger partial charge in [0.05, 0.1) is 5.60 Å². The Hall–Kier alpha value is -1.76. The molecule has 1 aromatic rings. The molecule has 0 radical (unpaired) electrons. The molecule has 0 aromatic carbocycles. The molecule has 120 valence electrons. The average molecular weight is 298 g/mol. The Morgan fingerprint density at radius 3 is 2.38 bits per heavy atom. The number of rotatable bonds is 7. The lowest BCUT2D eigenvalue weighted by Gasteiger charge is -2.26. The van der Waals surface area contributed by atoms with E-state index in [0.29, 0.717) is 19.4 Å². The van der Waals surface area contributed by atoms with Crippen molar-refractivity contribution in [3.8, 4) is 0 Å². The molecule has 0 spiro atoms. The van der Waals surface area contributed by atoms with Crippen LogP contribution >= 0.6 is 0 Å². The lowest BCUT2D eigenvalue weighted by Crippen LogP contribution is -2.39. The maximum atomic E-state index is 11.9. The molecule has 0 amide bonds. The van der Waals surface area contributed by atoms with E-state index in [4.69, 9.17) is 5.73 Å². The van der Waals surface area contributed by atoms with E-state index in [2.05, 4.69) is 10.3 Å². The number of anilines is 2. The maximum Gasteiger partial charge on any atom is 0.330 e. The van der Waals surface area contributed by atoms with Gasteiger partial charge < -0.3 is 16.2 Å². The molecule has 7 nitrogen and oxygen atoms in total. The molecule has 0 atom stereocenters. The van der Waals surface area contributed by atoms with Gasteiger partial charge in [-0.1, -0.05) is 27.7 Å². The summed E-state index contributed by atoms with van der Waals surface area (Å²) in [4.78, 5) is 26.0. The standard InChI is InChI=1S/C14H26N4O3/c1-5-14(21,6-2)8-16-10-11(15)18(7-9(3)4)13(20)17-12(10)19/h9,16,21H,5-8,15H2,1-4H3,(H,17,19,20). The third kappa shape index (κ3) is 4.10. The monoisotopic (exact) mass is 298 g/mol. The third-order valence-electron chi connectivity index (χ3n) is 3.70. The number of aromatic nitrogens is 2. The maximum absolute atomic E-state index is 11.9. The molecule has 1 aromatic heterocycles. The Bertz CT molecular complexity index is 585. The number of aromatic amines is 1. The zero-order valence-corrected chi connectivity index (χ0v) is 13.2. The molecule has 0 saturated carbocycles. The Labute approximate surface area is 124 Å². The van der Waals surface area contributed by atoms with Crippen LogP contribution in [0.2, 0.25) is 0 Å². The van der Waals surface area contributed by atoms with Crippen LogP contribution in [0.5, 0.6) is 0 Å². The van der Waals surface area contributed by atoms with Crippen molar-refractivity contribution < 1.29 is 5.11 Å². The molecule has 21 heavy (non-hydrogen) atoms. The summed E-state index contributed by atoms with van der Waals surface area (Å²) in [5, 5.41) is 13.1. The largest absolute Gasteiger partial charge is 0.388 e. The summed E-state index contributed by atoms with van der Waals surface area (Å²) in [5.74, 6) is 0.318. The molecule has 0 bridgehead atoms. The Morgan fingerprint density at radius 2 is 1.90 bits per heavy atom. The second-order valence-electron chi connectivity index (χ2n) is 5.81. The van der Waals surface area contributed by atoms with Crippen LogP contribution < -0.4 is 22.3 Å². The van der Waals surface area contributed by atoms with Crippen molar-refractivity contribution in [1.29, 1.82) is 0 Å². The van der Waals surface area contributed by atoms with E-state index in [1.807, 2.05) is 27.7 Å². The van der Waals surface area contributed by atoms with Crippen molar-refractivity contribution >= 4 is 11.5 Å². The van der Waals surface area contributed by atoms with Gasteiger partial charge in [-0.2, -0.15) is 0 Å². The summed E-state index contributed by atoms with van der Waals surface area (Å²) in [6, 6.07) is 0. The molecule has 0 fully saturated rings. The number of aliphatic hydroxyl groups is 1. The van der Waals surface area contributed by atoms with E-state index in [1.165, 1.54) is 4.57 Å². The number of nitrogens with one attached hydrogen (secondary N) is 2. The van der Waals surface area contributed by atoms with Crippen LogP contribution in [0.4, 0.5) is 11.5 Å². The summed E-state index contributed by atoms with van der Waals surface area (Å²) in [6.45, 7) is 8.28. The number of hydrogen-bond acceptors (Lipinski definition) is 5. The van der Waals surface area contributed by atoms with Crippen molar-refractivity contribution in [3.63, 3.8) is 0 Å². The zero-order chi connectivity index (χ0) is 16.2. The minimum Gasteiger partial charge on any atom is -0.388 e. The van der Waals surface area contributed by atoms with Gasteiger partial charge in [0.2, 0.25) is 0 Å². The first kappa shape index (κ1) is 17.3. The molecule has 5 N–H and O–H groups in total. The third-order valence-corrected chi connectivity index (χ3v) is 3.70. The van der Waals surface area contributed by atoms with Gasteiger partial charge in [-0.3, -0.25) is 14.3 Å². The van der Waals surface area contributed by atoms with Crippen LogP contribution in [0, 0.1) is 5.92 Å². The van der Waals surface area contributed by atoms with Crippen LogP contribution in [0.15, 0.2) is 9.59 Å². The van der Waals surface area contributed by atoms with Gasteiger partial charge in [-0.05, 0) is 18.8 Å². The van der Waals surface area contributed by atoms with Crippen molar-refractivity contribution in [2.24, 2.45) is 5.92 Å². The van der Waals surface area contributed by atoms with E-state index in [9.17, 15) is 14.7 Å². The Kier molecular flexibility index (Phi) is 5.60. The number of hydrogen-bond donors (Lipinski definition) is 4. The number of nitrogen functional groups attached to an aromatic ring is 1. The normalized spacial score (nSPS) is 11.9. The summed E-state index contributed by atoms with van der Waals surface area (Å²) in [5.41, 5.74) is 4.10. The lowest BCUT2D eigenvalue weighted by atomic mass is 9.97. The summed E-state index contributed by atoms with van der Waals surface area (Å²) >= 11 is 0. The molecule has 1 rings (SSSR count). The highest BCUT2D eigenvalue weighted by molar-refractivity contribution is 5.60. The number of H-pyrrole nitrogens is 1. The van der Waals surface area contributed by atoms with Gasteiger partial charge in [0.25, 0.3) is 5.56 Å². The first-order valence-electron chi connectivity index (χ1n) is 7.33. The zero-order valence-electron chi connectivity index (χ0n) is 13.2. The topological polar surface area (TPSA) is 113 Å². The van der Waals surface area contributed by atoms with E-state index in [0.717, 1.165) is 0 Å². The summed E-state index contributed by atoms with van der Waals surface area (Å²) in [7, 11) is 0. The number of nitrogens with zero attached hydrogens (tertiary/aromatic N) is 1. The van der Waals surface area contributed by atoms with Crippen molar-refractivity contribution in [3.05, 3.63) is 20.8 Å². The quantitative estimate of drug-likeness (QED) is 0.593. The van der Waals surface area contributed by atoms with E-state index in [1.54, 1.807) is 0 Å². The van der Waals surface area contributed by atoms with Gasteiger partial charge in [0.1, 0.15) is 11.5 Å². The van der Waals surface area contributed by atoms with Crippen LogP contribution in [0.3, 0.4) is 0 Å². The van der Waals surface area contributed by atoms with E-state index < -0.39 is 16.9 Å². The number of nitrogens with two attached hydrogens (primary N) is 1. The fraction of sp³-hybridized carbons (Fsp3) is 0.714. The van der Waals surface area contributed by atoms with Crippen LogP contribution in [0.25, 0.3) is 0 Å². The Balaban J connectivity index is 3.13.